The van der Waals surface area contributed by atoms with Crippen molar-refractivity contribution in [2.24, 2.45) is 5.92 Å². The summed E-state index contributed by atoms with van der Waals surface area (Å²) in [5, 5.41) is 3.82. The standard InChI is InChI=1S/C16H22Br2N2/c1-3-12-9-19-16(2,11-7-8-11)10-20(12)15-13(17)5-4-6-14(15)18/h4-6,11-12,19H,3,7-10H2,1-2H3. The van der Waals surface area contributed by atoms with Gasteiger partial charge in [0.15, 0.2) is 0 Å². The second kappa shape index (κ2) is 5.62. The molecule has 4 heteroatoms. The van der Waals surface area contributed by atoms with Crippen LogP contribution in [0.15, 0.2) is 27.1 Å². The molecule has 1 aliphatic carbocycles. The van der Waals surface area contributed by atoms with Crippen LogP contribution in [0.25, 0.3) is 0 Å². The van der Waals surface area contributed by atoms with Crippen LogP contribution in [0, 0.1) is 5.92 Å². The number of hydrogen-bond donors (Lipinski definition) is 1. The second-order valence-electron chi connectivity index (χ2n) is 6.33. The van der Waals surface area contributed by atoms with Crippen molar-refractivity contribution in [2.45, 2.75) is 44.7 Å². The van der Waals surface area contributed by atoms with E-state index in [0.29, 0.717) is 6.04 Å². The molecular formula is C16H22Br2N2. The number of anilines is 1. The highest BCUT2D eigenvalue weighted by atomic mass is 79.9. The van der Waals surface area contributed by atoms with E-state index >= 15 is 0 Å². The molecule has 2 atom stereocenters. The number of piperazine rings is 1. The van der Waals surface area contributed by atoms with Gasteiger partial charge in [0.2, 0.25) is 0 Å². The number of halogens is 2. The molecule has 0 bridgehead atoms. The van der Waals surface area contributed by atoms with Crippen molar-refractivity contribution in [3.8, 4) is 0 Å². The molecule has 1 aromatic rings. The largest absolute Gasteiger partial charge is 0.364 e. The first-order valence-corrected chi connectivity index (χ1v) is 9.09. The first kappa shape index (κ1) is 14.9. The van der Waals surface area contributed by atoms with Gasteiger partial charge in [-0.1, -0.05) is 13.0 Å². The summed E-state index contributed by atoms with van der Waals surface area (Å²) in [7, 11) is 0. The van der Waals surface area contributed by atoms with Crippen molar-refractivity contribution >= 4 is 37.5 Å². The minimum atomic E-state index is 0.264. The van der Waals surface area contributed by atoms with Crippen LogP contribution in [0.3, 0.4) is 0 Å². The molecule has 110 valence electrons. The lowest BCUT2D eigenvalue weighted by Crippen LogP contribution is -2.64. The molecule has 2 aliphatic rings. The molecule has 2 fully saturated rings. The van der Waals surface area contributed by atoms with E-state index in [1.165, 1.54) is 33.9 Å². The van der Waals surface area contributed by atoms with Gasteiger partial charge in [-0.25, -0.2) is 0 Å². The van der Waals surface area contributed by atoms with E-state index in [0.717, 1.165) is 19.0 Å². The average molecular weight is 402 g/mol. The van der Waals surface area contributed by atoms with Gasteiger partial charge in [0.25, 0.3) is 0 Å². The predicted octanol–water partition coefficient (Wildman–Crippen LogP) is 4.57. The Bertz CT molecular complexity index is 481. The third-order valence-corrected chi connectivity index (χ3v) is 6.14. The Labute approximate surface area is 138 Å². The quantitative estimate of drug-likeness (QED) is 0.797. The minimum absolute atomic E-state index is 0.264. The van der Waals surface area contributed by atoms with Crippen molar-refractivity contribution in [1.82, 2.24) is 5.32 Å². The Morgan fingerprint density at radius 3 is 2.50 bits per heavy atom. The summed E-state index contributed by atoms with van der Waals surface area (Å²) in [5.41, 5.74) is 1.58. The molecule has 20 heavy (non-hydrogen) atoms. The lowest BCUT2D eigenvalue weighted by molar-refractivity contribution is 0.252. The van der Waals surface area contributed by atoms with Crippen LogP contribution in [0.2, 0.25) is 0 Å². The maximum atomic E-state index is 3.82. The average Bonchev–Trinajstić information content (AvgIpc) is 3.23. The van der Waals surface area contributed by atoms with Crippen molar-refractivity contribution in [3.63, 3.8) is 0 Å². The molecule has 1 heterocycles. The first-order valence-electron chi connectivity index (χ1n) is 7.51. The van der Waals surface area contributed by atoms with Gasteiger partial charge in [-0.05, 0) is 76.1 Å². The molecule has 0 aromatic heterocycles. The van der Waals surface area contributed by atoms with Crippen molar-refractivity contribution in [2.75, 3.05) is 18.0 Å². The van der Waals surface area contributed by atoms with Gasteiger partial charge >= 0.3 is 0 Å². The zero-order chi connectivity index (χ0) is 14.3. The van der Waals surface area contributed by atoms with E-state index < -0.39 is 0 Å². The summed E-state index contributed by atoms with van der Waals surface area (Å²) in [6, 6.07) is 6.94. The molecule has 1 aliphatic heterocycles. The van der Waals surface area contributed by atoms with E-state index in [1.807, 2.05) is 0 Å². The molecule has 1 N–H and O–H groups in total. The molecule has 1 saturated carbocycles. The normalized spacial score (nSPS) is 30.6. The number of nitrogens with one attached hydrogen (secondary N) is 1. The third kappa shape index (κ3) is 2.67. The summed E-state index contributed by atoms with van der Waals surface area (Å²) < 4.78 is 2.37. The Hall–Kier alpha value is -0.0600. The van der Waals surface area contributed by atoms with Gasteiger partial charge in [-0.15, -0.1) is 0 Å². The third-order valence-electron chi connectivity index (χ3n) is 4.86. The van der Waals surface area contributed by atoms with Crippen molar-refractivity contribution < 1.29 is 0 Å². The monoisotopic (exact) mass is 400 g/mol. The van der Waals surface area contributed by atoms with Gasteiger partial charge in [-0.2, -0.15) is 0 Å². The van der Waals surface area contributed by atoms with Crippen LogP contribution in [-0.4, -0.2) is 24.7 Å². The van der Waals surface area contributed by atoms with E-state index in [2.05, 4.69) is 74.1 Å². The van der Waals surface area contributed by atoms with Crippen LogP contribution >= 0.6 is 31.9 Å². The Balaban J connectivity index is 1.95. The predicted molar refractivity (Wildman–Crippen MR) is 92.4 cm³/mol. The SMILES string of the molecule is CCC1CNC(C)(C2CC2)CN1c1c(Br)cccc1Br. The maximum Gasteiger partial charge on any atom is 0.0658 e. The van der Waals surface area contributed by atoms with Crippen LogP contribution in [0.5, 0.6) is 0 Å². The fraction of sp³-hybridized carbons (Fsp3) is 0.625. The minimum Gasteiger partial charge on any atom is -0.364 e. The molecule has 1 saturated heterocycles. The van der Waals surface area contributed by atoms with Crippen LogP contribution in [0.4, 0.5) is 5.69 Å². The van der Waals surface area contributed by atoms with Gasteiger partial charge in [-0.3, -0.25) is 0 Å². The zero-order valence-corrected chi connectivity index (χ0v) is 15.3. The summed E-state index contributed by atoms with van der Waals surface area (Å²) in [5.74, 6) is 0.851. The maximum absolute atomic E-state index is 3.82. The zero-order valence-electron chi connectivity index (χ0n) is 12.1. The highest BCUT2D eigenvalue weighted by Crippen LogP contribution is 2.44. The van der Waals surface area contributed by atoms with Gasteiger partial charge in [0.05, 0.1) is 5.69 Å². The molecule has 0 radical (unpaired) electrons. The van der Waals surface area contributed by atoms with Gasteiger partial charge in [0, 0.05) is 33.6 Å². The molecule has 2 unspecified atom stereocenters. The lowest BCUT2D eigenvalue weighted by atomic mass is 9.90. The number of benzene rings is 1. The topological polar surface area (TPSA) is 15.3 Å². The van der Waals surface area contributed by atoms with Gasteiger partial charge < -0.3 is 10.2 Å². The smallest absolute Gasteiger partial charge is 0.0658 e. The van der Waals surface area contributed by atoms with E-state index in [1.54, 1.807) is 0 Å². The van der Waals surface area contributed by atoms with Crippen LogP contribution in [0.1, 0.15) is 33.1 Å². The summed E-state index contributed by atoms with van der Waals surface area (Å²) >= 11 is 7.47. The van der Waals surface area contributed by atoms with Crippen LogP contribution < -0.4 is 10.2 Å². The molecule has 0 spiro atoms. The highest BCUT2D eigenvalue weighted by molar-refractivity contribution is 9.11. The molecule has 3 rings (SSSR count). The van der Waals surface area contributed by atoms with E-state index in [-0.39, 0.29) is 5.54 Å². The van der Waals surface area contributed by atoms with E-state index in [9.17, 15) is 0 Å². The fourth-order valence-corrected chi connectivity index (χ4v) is 4.84. The van der Waals surface area contributed by atoms with Crippen molar-refractivity contribution in [1.29, 1.82) is 0 Å². The van der Waals surface area contributed by atoms with Crippen molar-refractivity contribution in [3.05, 3.63) is 27.1 Å². The molecule has 0 amide bonds. The van der Waals surface area contributed by atoms with E-state index in [4.69, 9.17) is 0 Å². The van der Waals surface area contributed by atoms with Gasteiger partial charge in [0.1, 0.15) is 0 Å². The number of nitrogens with zero attached hydrogens (tertiary/aromatic N) is 1. The Morgan fingerprint density at radius 2 is 1.95 bits per heavy atom. The molecular weight excluding hydrogens is 380 g/mol. The number of para-hydroxylation sites is 1. The molecule has 2 nitrogen and oxygen atoms in total. The number of hydrogen-bond acceptors (Lipinski definition) is 2. The second-order valence-corrected chi connectivity index (χ2v) is 8.04. The Kier molecular flexibility index (Phi) is 4.17. The first-order chi connectivity index (χ1) is 9.55. The summed E-state index contributed by atoms with van der Waals surface area (Å²) in [4.78, 5) is 2.60. The highest BCUT2D eigenvalue weighted by Gasteiger charge is 2.46. The fourth-order valence-electron chi connectivity index (χ4n) is 3.38. The van der Waals surface area contributed by atoms with Crippen LogP contribution in [-0.2, 0) is 0 Å². The lowest BCUT2D eigenvalue weighted by Gasteiger charge is -2.48. The summed E-state index contributed by atoms with van der Waals surface area (Å²) in [6.07, 6.45) is 3.93. The molecule has 1 aromatic carbocycles. The number of rotatable bonds is 3. The Morgan fingerprint density at radius 1 is 1.30 bits per heavy atom. The summed E-state index contributed by atoms with van der Waals surface area (Å²) in [6.45, 7) is 6.85.